The smallest absolute Gasteiger partial charge is 0.255 e. The van der Waals surface area contributed by atoms with Gasteiger partial charge in [-0.15, -0.1) is 0 Å². The molecule has 2 aromatic rings. The first-order chi connectivity index (χ1) is 13.3. The Morgan fingerprint density at radius 1 is 1.25 bits per heavy atom. The Labute approximate surface area is 177 Å². The van der Waals surface area contributed by atoms with Crippen molar-refractivity contribution in [3.63, 3.8) is 0 Å². The second kappa shape index (κ2) is 9.19. The van der Waals surface area contributed by atoms with Crippen molar-refractivity contribution in [2.45, 2.75) is 39.7 Å². The van der Waals surface area contributed by atoms with E-state index in [-0.39, 0.29) is 5.91 Å². The van der Waals surface area contributed by atoms with Gasteiger partial charge in [-0.05, 0) is 70.1 Å². The third-order valence-electron chi connectivity index (χ3n) is 5.39. The average Bonchev–Trinajstić information content (AvgIpc) is 2.66. The molecule has 3 rings (SSSR count). The van der Waals surface area contributed by atoms with Crippen LogP contribution in [0.2, 0.25) is 0 Å². The highest BCUT2D eigenvalue weighted by Gasteiger charge is 2.29. The van der Waals surface area contributed by atoms with Gasteiger partial charge in [0.15, 0.2) is 0 Å². The topological polar surface area (TPSA) is 36.4 Å². The van der Waals surface area contributed by atoms with E-state index in [9.17, 15) is 4.79 Å². The fraction of sp³-hybridized carbons (Fsp3) is 0.478. The summed E-state index contributed by atoms with van der Waals surface area (Å²) in [6.07, 6.45) is 2.08. The van der Waals surface area contributed by atoms with E-state index in [0.29, 0.717) is 12.0 Å². The van der Waals surface area contributed by atoms with Gasteiger partial charge in [-0.3, -0.25) is 9.78 Å². The van der Waals surface area contributed by atoms with Gasteiger partial charge in [0.2, 0.25) is 0 Å². The number of carbonyl (C=O) groups is 1. The number of amides is 1. The molecular formula is C23H30BrN3O. The van der Waals surface area contributed by atoms with Gasteiger partial charge in [-0.25, -0.2) is 0 Å². The van der Waals surface area contributed by atoms with Gasteiger partial charge in [0.1, 0.15) is 0 Å². The number of aromatic nitrogens is 1. The second-order valence-corrected chi connectivity index (χ2v) is 9.14. The molecule has 0 radical (unpaired) electrons. The summed E-state index contributed by atoms with van der Waals surface area (Å²) in [6.45, 7) is 9.18. The van der Waals surface area contributed by atoms with E-state index < -0.39 is 0 Å². The Balaban J connectivity index is 1.86. The standard InChI is InChI=1S/C23H30BrN3O/c1-16(2)15-27(20-10-12-26(4)13-11-20)23(28)21-8-9-22(25-17(21)3)18-6-5-7-19(24)14-18/h5-9,14,16,20H,10-13,15H2,1-4H3. The summed E-state index contributed by atoms with van der Waals surface area (Å²) in [5, 5.41) is 0. The van der Waals surface area contributed by atoms with E-state index in [1.165, 1.54) is 0 Å². The van der Waals surface area contributed by atoms with Crippen LogP contribution in [0.4, 0.5) is 0 Å². The molecule has 1 aliphatic rings. The van der Waals surface area contributed by atoms with E-state index in [1.54, 1.807) is 0 Å². The predicted molar refractivity (Wildman–Crippen MR) is 119 cm³/mol. The highest BCUT2D eigenvalue weighted by molar-refractivity contribution is 9.10. The first-order valence-corrected chi connectivity index (χ1v) is 10.9. The van der Waals surface area contributed by atoms with Crippen LogP contribution in [0.1, 0.15) is 42.7 Å². The Morgan fingerprint density at radius 3 is 2.57 bits per heavy atom. The van der Waals surface area contributed by atoms with Crippen molar-refractivity contribution in [3.8, 4) is 11.3 Å². The highest BCUT2D eigenvalue weighted by atomic mass is 79.9. The number of benzene rings is 1. The molecule has 1 aromatic carbocycles. The van der Waals surface area contributed by atoms with Crippen LogP contribution in [0.3, 0.4) is 0 Å². The van der Waals surface area contributed by atoms with Crippen LogP contribution < -0.4 is 0 Å². The Hall–Kier alpha value is -1.72. The molecule has 4 nitrogen and oxygen atoms in total. The van der Waals surface area contributed by atoms with E-state index in [4.69, 9.17) is 4.98 Å². The zero-order valence-corrected chi connectivity index (χ0v) is 18.9. The minimum Gasteiger partial charge on any atom is -0.335 e. The van der Waals surface area contributed by atoms with Crippen LogP contribution in [0.25, 0.3) is 11.3 Å². The number of likely N-dealkylation sites (tertiary alicyclic amines) is 1. The molecule has 0 N–H and O–H groups in total. The Morgan fingerprint density at radius 2 is 1.96 bits per heavy atom. The molecule has 0 bridgehead atoms. The van der Waals surface area contributed by atoms with Gasteiger partial charge in [-0.1, -0.05) is 41.9 Å². The van der Waals surface area contributed by atoms with Gasteiger partial charge in [-0.2, -0.15) is 0 Å². The van der Waals surface area contributed by atoms with Gasteiger partial charge in [0.05, 0.1) is 17.0 Å². The first kappa shape index (κ1) is 21.0. The predicted octanol–water partition coefficient (Wildman–Crippen LogP) is 5.01. The fourth-order valence-electron chi connectivity index (χ4n) is 3.85. The van der Waals surface area contributed by atoms with E-state index in [1.807, 2.05) is 43.3 Å². The van der Waals surface area contributed by atoms with Crippen molar-refractivity contribution < 1.29 is 4.79 Å². The lowest BCUT2D eigenvalue weighted by Gasteiger charge is -2.38. The van der Waals surface area contributed by atoms with Gasteiger partial charge < -0.3 is 9.80 Å². The van der Waals surface area contributed by atoms with Crippen LogP contribution in [0.5, 0.6) is 0 Å². The normalized spacial score (nSPS) is 15.8. The largest absolute Gasteiger partial charge is 0.335 e. The van der Waals surface area contributed by atoms with Crippen LogP contribution in [-0.4, -0.2) is 53.4 Å². The molecule has 1 aliphatic heterocycles. The molecule has 1 amide bonds. The van der Waals surface area contributed by atoms with Crippen LogP contribution in [0, 0.1) is 12.8 Å². The van der Waals surface area contributed by atoms with E-state index in [2.05, 4.69) is 46.6 Å². The number of nitrogens with zero attached hydrogens (tertiary/aromatic N) is 3. The van der Waals surface area contributed by atoms with Crippen molar-refractivity contribution in [3.05, 3.63) is 52.1 Å². The van der Waals surface area contributed by atoms with Crippen molar-refractivity contribution in [1.82, 2.24) is 14.8 Å². The molecule has 1 fully saturated rings. The molecular weight excluding hydrogens is 414 g/mol. The minimum absolute atomic E-state index is 0.119. The van der Waals surface area contributed by atoms with Crippen molar-refractivity contribution in [2.24, 2.45) is 5.92 Å². The molecule has 0 unspecified atom stereocenters. The number of aryl methyl sites for hydroxylation is 1. The molecule has 0 aliphatic carbocycles. The molecule has 0 atom stereocenters. The number of halogens is 1. The average molecular weight is 444 g/mol. The van der Waals surface area contributed by atoms with E-state index in [0.717, 1.165) is 59.5 Å². The minimum atomic E-state index is 0.119. The summed E-state index contributed by atoms with van der Waals surface area (Å²) in [5.41, 5.74) is 3.46. The zero-order valence-electron chi connectivity index (χ0n) is 17.3. The molecule has 0 saturated carbocycles. The summed E-state index contributed by atoms with van der Waals surface area (Å²) in [5.74, 6) is 0.562. The third kappa shape index (κ3) is 5.00. The Bertz CT molecular complexity index is 828. The van der Waals surface area contributed by atoms with Crippen molar-refractivity contribution in [2.75, 3.05) is 26.7 Å². The van der Waals surface area contributed by atoms with Crippen LogP contribution in [-0.2, 0) is 0 Å². The highest BCUT2D eigenvalue weighted by Crippen LogP contribution is 2.25. The van der Waals surface area contributed by atoms with Crippen LogP contribution in [0.15, 0.2) is 40.9 Å². The maximum absolute atomic E-state index is 13.4. The lowest BCUT2D eigenvalue weighted by molar-refractivity contribution is 0.0558. The molecule has 2 heterocycles. The quantitative estimate of drug-likeness (QED) is 0.651. The lowest BCUT2D eigenvalue weighted by Crippen LogP contribution is -2.48. The molecule has 150 valence electrons. The Kier molecular flexibility index (Phi) is 6.89. The molecule has 1 saturated heterocycles. The fourth-order valence-corrected chi connectivity index (χ4v) is 4.25. The van der Waals surface area contributed by atoms with Gasteiger partial charge >= 0.3 is 0 Å². The summed E-state index contributed by atoms with van der Waals surface area (Å²) >= 11 is 3.51. The third-order valence-corrected chi connectivity index (χ3v) is 5.88. The number of carbonyl (C=O) groups excluding carboxylic acids is 1. The first-order valence-electron chi connectivity index (χ1n) is 10.1. The number of hydrogen-bond acceptors (Lipinski definition) is 3. The number of rotatable bonds is 5. The molecule has 28 heavy (non-hydrogen) atoms. The summed E-state index contributed by atoms with van der Waals surface area (Å²) in [7, 11) is 2.15. The van der Waals surface area contributed by atoms with Crippen molar-refractivity contribution in [1.29, 1.82) is 0 Å². The summed E-state index contributed by atoms with van der Waals surface area (Å²) < 4.78 is 1.02. The van der Waals surface area contributed by atoms with Crippen molar-refractivity contribution >= 4 is 21.8 Å². The zero-order chi connectivity index (χ0) is 20.3. The molecule has 5 heteroatoms. The molecule has 1 aromatic heterocycles. The second-order valence-electron chi connectivity index (χ2n) is 8.23. The number of piperidine rings is 1. The van der Waals surface area contributed by atoms with Crippen LogP contribution >= 0.6 is 15.9 Å². The van der Waals surface area contributed by atoms with Gasteiger partial charge in [0, 0.05) is 22.6 Å². The van der Waals surface area contributed by atoms with Gasteiger partial charge in [0.25, 0.3) is 5.91 Å². The SMILES string of the molecule is Cc1nc(-c2cccc(Br)c2)ccc1C(=O)N(CC(C)C)C1CCN(C)CC1. The number of pyridine rings is 1. The molecule has 0 spiro atoms. The summed E-state index contributed by atoms with van der Waals surface area (Å²) in [4.78, 5) is 22.6. The number of hydrogen-bond donors (Lipinski definition) is 0. The lowest BCUT2D eigenvalue weighted by atomic mass is 10.00. The maximum atomic E-state index is 13.4. The maximum Gasteiger partial charge on any atom is 0.255 e. The van der Waals surface area contributed by atoms with E-state index >= 15 is 0 Å². The monoisotopic (exact) mass is 443 g/mol. The summed E-state index contributed by atoms with van der Waals surface area (Å²) in [6, 6.07) is 12.3.